The Labute approximate surface area is 148 Å². The lowest BCUT2D eigenvalue weighted by Crippen LogP contribution is -2.64. The smallest absolute Gasteiger partial charge is 0.187 e. The molecule has 13 nitrogen and oxygen atoms in total. The number of ether oxygens (including phenoxy) is 3. The largest absolute Gasteiger partial charge is 0.394 e. The summed E-state index contributed by atoms with van der Waals surface area (Å²) in [5, 5.41) is 76.5. The zero-order valence-electron chi connectivity index (χ0n) is 14.0. The van der Waals surface area contributed by atoms with Crippen molar-refractivity contribution in [1.82, 2.24) is 0 Å². The first kappa shape index (κ1) is 23.5. The highest BCUT2D eigenvalue weighted by molar-refractivity contribution is 4.93. The molecule has 2 aliphatic heterocycles. The summed E-state index contributed by atoms with van der Waals surface area (Å²) in [6, 6.07) is 0. The number of aliphatic hydroxyl groups excluding tert-OH is 8. The van der Waals surface area contributed by atoms with Gasteiger partial charge >= 0.3 is 0 Å². The van der Waals surface area contributed by atoms with Crippen LogP contribution in [0.4, 0.5) is 0 Å². The predicted octanol–water partition coefficient (Wildman–Crippen LogP) is -5.89. The number of rotatable bonds is 4. The Bertz CT molecular complexity index is 399. The predicted molar refractivity (Wildman–Crippen MR) is 79.8 cm³/mol. The number of aliphatic hydroxyl groups is 8. The molecule has 0 aromatic rings. The third-order valence-electron chi connectivity index (χ3n) is 3.98. The van der Waals surface area contributed by atoms with Crippen LogP contribution in [0.15, 0.2) is 0 Å². The van der Waals surface area contributed by atoms with Gasteiger partial charge in [-0.15, -0.1) is 0 Å². The third-order valence-corrected chi connectivity index (χ3v) is 3.98. The molecule has 2 aliphatic rings. The van der Waals surface area contributed by atoms with Crippen LogP contribution in [0.1, 0.15) is 0 Å². The molecule has 0 unspecified atom stereocenters. The molecule has 26 heavy (non-hydrogen) atoms. The highest BCUT2D eigenvalue weighted by Gasteiger charge is 2.50. The fraction of sp³-hybridized carbons (Fsp3) is 1.00. The Balaban J connectivity index is 0.00000105. The molecular weight excluding hydrogens is 362 g/mol. The van der Waals surface area contributed by atoms with Gasteiger partial charge in [-0.05, 0) is 0 Å². The van der Waals surface area contributed by atoms with Crippen molar-refractivity contribution in [2.24, 2.45) is 5.90 Å². The van der Waals surface area contributed by atoms with E-state index < -0.39 is 74.6 Å². The molecule has 2 fully saturated rings. The summed E-state index contributed by atoms with van der Waals surface area (Å²) >= 11 is 0. The van der Waals surface area contributed by atoms with Crippen molar-refractivity contribution in [3.8, 4) is 0 Å². The fourth-order valence-corrected chi connectivity index (χ4v) is 2.57. The first-order valence-electron chi connectivity index (χ1n) is 7.72. The molecule has 0 radical (unpaired) electrons. The van der Waals surface area contributed by atoms with Gasteiger partial charge in [0.25, 0.3) is 0 Å². The van der Waals surface area contributed by atoms with Crippen LogP contribution < -0.4 is 5.90 Å². The summed E-state index contributed by atoms with van der Waals surface area (Å²) in [6.07, 6.45) is -15.6. The Morgan fingerprint density at radius 1 is 0.769 bits per heavy atom. The SMILES string of the molecule is CON.OC[C@H]1O[C@@H](O[C@H]2[C@H](O)[C@@H](O)[C@H](O)O[C@@H]2CO)[C@H](O)[C@@H](O)[C@H]1O. The van der Waals surface area contributed by atoms with Gasteiger partial charge in [-0.2, -0.15) is 0 Å². The quantitative estimate of drug-likeness (QED) is 0.204. The minimum Gasteiger partial charge on any atom is -0.394 e. The van der Waals surface area contributed by atoms with Gasteiger partial charge < -0.3 is 59.9 Å². The van der Waals surface area contributed by atoms with Crippen LogP contribution >= 0.6 is 0 Å². The van der Waals surface area contributed by atoms with Crippen molar-refractivity contribution in [2.75, 3.05) is 20.3 Å². The average molecular weight is 389 g/mol. The van der Waals surface area contributed by atoms with Crippen molar-refractivity contribution in [3.63, 3.8) is 0 Å². The summed E-state index contributed by atoms with van der Waals surface area (Å²) in [5.41, 5.74) is 0. The number of hydrogen-bond donors (Lipinski definition) is 9. The topological polar surface area (TPSA) is 225 Å². The lowest BCUT2D eigenvalue weighted by Gasteiger charge is -2.45. The Hall–Kier alpha value is -0.520. The Morgan fingerprint density at radius 3 is 1.81 bits per heavy atom. The van der Waals surface area contributed by atoms with Gasteiger partial charge in [0.05, 0.1) is 20.3 Å². The van der Waals surface area contributed by atoms with E-state index in [4.69, 9.17) is 19.3 Å². The van der Waals surface area contributed by atoms with Crippen LogP contribution in [0.25, 0.3) is 0 Å². The van der Waals surface area contributed by atoms with Crippen molar-refractivity contribution in [1.29, 1.82) is 0 Å². The zero-order chi connectivity index (χ0) is 20.0. The second-order valence-corrected chi connectivity index (χ2v) is 5.76. The van der Waals surface area contributed by atoms with Crippen molar-refractivity contribution in [2.45, 2.75) is 61.4 Å². The lowest BCUT2D eigenvalue weighted by molar-refractivity contribution is -0.355. The van der Waals surface area contributed by atoms with Gasteiger partial charge in [-0.25, -0.2) is 5.90 Å². The molecule has 10 atom stereocenters. The molecule has 0 aromatic carbocycles. The number of nitrogens with two attached hydrogens (primary N) is 1. The second kappa shape index (κ2) is 10.7. The molecule has 0 amide bonds. The van der Waals surface area contributed by atoms with E-state index in [0.29, 0.717) is 0 Å². The summed E-state index contributed by atoms with van der Waals surface area (Å²) in [4.78, 5) is 3.75. The molecule has 0 saturated carbocycles. The minimum absolute atomic E-state index is 0.667. The van der Waals surface area contributed by atoms with Crippen LogP contribution in [0.5, 0.6) is 0 Å². The Kier molecular flexibility index (Phi) is 9.70. The van der Waals surface area contributed by atoms with Crippen LogP contribution in [0.2, 0.25) is 0 Å². The first-order valence-corrected chi connectivity index (χ1v) is 7.72. The van der Waals surface area contributed by atoms with Gasteiger partial charge in [0.1, 0.15) is 48.8 Å². The third kappa shape index (κ3) is 5.26. The average Bonchev–Trinajstić information content (AvgIpc) is 2.62. The highest BCUT2D eigenvalue weighted by atomic mass is 16.7. The van der Waals surface area contributed by atoms with E-state index in [1.165, 1.54) is 7.11 Å². The van der Waals surface area contributed by atoms with E-state index >= 15 is 0 Å². The molecular formula is C13H27NO12. The monoisotopic (exact) mass is 389 g/mol. The van der Waals surface area contributed by atoms with E-state index in [0.717, 1.165) is 0 Å². The van der Waals surface area contributed by atoms with Gasteiger partial charge in [-0.1, -0.05) is 0 Å². The van der Waals surface area contributed by atoms with Crippen molar-refractivity contribution < 1.29 is 59.9 Å². The molecule has 0 spiro atoms. The van der Waals surface area contributed by atoms with Crippen LogP contribution in [-0.4, -0.2) is 123 Å². The highest BCUT2D eigenvalue weighted by Crippen LogP contribution is 2.28. The molecule has 156 valence electrons. The minimum atomic E-state index is -1.74. The van der Waals surface area contributed by atoms with E-state index in [-0.39, 0.29) is 0 Å². The van der Waals surface area contributed by atoms with Crippen molar-refractivity contribution >= 4 is 0 Å². The first-order chi connectivity index (χ1) is 12.2. The van der Waals surface area contributed by atoms with E-state index in [9.17, 15) is 35.7 Å². The van der Waals surface area contributed by atoms with Crippen molar-refractivity contribution in [3.05, 3.63) is 0 Å². The second-order valence-electron chi connectivity index (χ2n) is 5.76. The van der Waals surface area contributed by atoms with Crippen LogP contribution in [-0.2, 0) is 19.0 Å². The lowest BCUT2D eigenvalue weighted by atomic mass is 9.97. The maximum atomic E-state index is 9.94. The van der Waals surface area contributed by atoms with E-state index in [1.807, 2.05) is 0 Å². The summed E-state index contributed by atoms with van der Waals surface area (Å²) in [7, 11) is 1.40. The number of hydrogen-bond acceptors (Lipinski definition) is 13. The molecule has 2 rings (SSSR count). The summed E-state index contributed by atoms with van der Waals surface area (Å²) in [6.45, 7) is -1.35. The molecule has 13 heteroatoms. The standard InChI is InChI=1S/C12H22O11.CH5NO/c13-1-3-5(15)6(16)9(19)12(22-3)23-10-4(2-14)21-11(20)8(18)7(10)17;1-3-2/h3-20H,1-2H2;2H2,1H3/t3-,4-,5+,6+,7-,8-,9-,10-,11-,12+;/m1./s1. The van der Waals surface area contributed by atoms with Gasteiger partial charge in [0, 0.05) is 0 Å². The van der Waals surface area contributed by atoms with Crippen LogP contribution in [0, 0.1) is 0 Å². The molecule has 2 saturated heterocycles. The normalized spacial score (nSPS) is 46.4. The summed E-state index contributed by atoms with van der Waals surface area (Å²) in [5.74, 6) is 4.35. The van der Waals surface area contributed by atoms with E-state index in [2.05, 4.69) is 10.7 Å². The molecule has 0 aliphatic carbocycles. The fourth-order valence-electron chi connectivity index (χ4n) is 2.57. The Morgan fingerprint density at radius 2 is 1.31 bits per heavy atom. The molecule has 0 bridgehead atoms. The maximum absolute atomic E-state index is 9.94. The van der Waals surface area contributed by atoms with Gasteiger partial charge in [-0.3, -0.25) is 0 Å². The zero-order valence-corrected chi connectivity index (χ0v) is 14.0. The van der Waals surface area contributed by atoms with Gasteiger partial charge in [0.15, 0.2) is 12.6 Å². The van der Waals surface area contributed by atoms with Gasteiger partial charge in [0.2, 0.25) is 0 Å². The summed E-state index contributed by atoms with van der Waals surface area (Å²) < 4.78 is 15.3. The molecule has 0 aromatic heterocycles. The van der Waals surface area contributed by atoms with E-state index in [1.54, 1.807) is 0 Å². The molecule has 10 N–H and O–H groups in total. The maximum Gasteiger partial charge on any atom is 0.187 e. The molecule has 2 heterocycles. The van der Waals surface area contributed by atoms with Crippen LogP contribution in [0.3, 0.4) is 0 Å².